The lowest BCUT2D eigenvalue weighted by Crippen LogP contribution is -2.16. The van der Waals surface area contributed by atoms with Crippen LogP contribution < -0.4 is 10.1 Å². The van der Waals surface area contributed by atoms with Crippen LogP contribution in [-0.2, 0) is 13.0 Å². The zero-order valence-corrected chi connectivity index (χ0v) is 12.5. The van der Waals surface area contributed by atoms with Gasteiger partial charge in [-0.15, -0.1) is 0 Å². The SMILES string of the molecule is CCNCc1ccnc(OC2CCCc3ccccc32)c1. The molecule has 0 radical (unpaired) electrons. The van der Waals surface area contributed by atoms with Gasteiger partial charge < -0.3 is 10.1 Å². The van der Waals surface area contributed by atoms with Crippen LogP contribution in [0.25, 0.3) is 0 Å². The van der Waals surface area contributed by atoms with Crippen LogP contribution in [0.5, 0.6) is 5.88 Å². The minimum atomic E-state index is 0.136. The van der Waals surface area contributed by atoms with E-state index in [2.05, 4.69) is 41.5 Å². The van der Waals surface area contributed by atoms with E-state index in [9.17, 15) is 0 Å². The summed E-state index contributed by atoms with van der Waals surface area (Å²) >= 11 is 0. The van der Waals surface area contributed by atoms with Crippen molar-refractivity contribution in [1.29, 1.82) is 0 Å². The first kappa shape index (κ1) is 14.1. The summed E-state index contributed by atoms with van der Waals surface area (Å²) in [4.78, 5) is 4.36. The molecule has 0 bridgehead atoms. The average molecular weight is 282 g/mol. The van der Waals surface area contributed by atoms with E-state index in [-0.39, 0.29) is 6.10 Å². The third-order valence-corrected chi connectivity index (χ3v) is 3.96. The summed E-state index contributed by atoms with van der Waals surface area (Å²) in [6.45, 7) is 3.93. The molecule has 1 heterocycles. The molecule has 110 valence electrons. The van der Waals surface area contributed by atoms with Crippen LogP contribution in [0.3, 0.4) is 0 Å². The smallest absolute Gasteiger partial charge is 0.214 e. The van der Waals surface area contributed by atoms with E-state index >= 15 is 0 Å². The molecule has 21 heavy (non-hydrogen) atoms. The fourth-order valence-corrected chi connectivity index (χ4v) is 2.87. The molecule has 0 aliphatic heterocycles. The summed E-state index contributed by atoms with van der Waals surface area (Å²) in [5, 5.41) is 3.33. The second kappa shape index (κ2) is 6.72. The van der Waals surface area contributed by atoms with E-state index in [0.717, 1.165) is 31.8 Å². The maximum absolute atomic E-state index is 6.16. The van der Waals surface area contributed by atoms with Gasteiger partial charge >= 0.3 is 0 Å². The molecule has 3 heteroatoms. The largest absolute Gasteiger partial charge is 0.469 e. The quantitative estimate of drug-likeness (QED) is 0.909. The number of rotatable bonds is 5. The van der Waals surface area contributed by atoms with Gasteiger partial charge in [0, 0.05) is 18.8 Å². The Morgan fingerprint density at radius 1 is 1.29 bits per heavy atom. The number of benzene rings is 1. The molecule has 1 aromatic carbocycles. The molecule has 1 atom stereocenters. The van der Waals surface area contributed by atoms with Crippen LogP contribution in [0.4, 0.5) is 0 Å². The van der Waals surface area contributed by atoms with Crippen LogP contribution in [0.15, 0.2) is 42.6 Å². The van der Waals surface area contributed by atoms with E-state index < -0.39 is 0 Å². The zero-order valence-electron chi connectivity index (χ0n) is 12.5. The summed E-state index contributed by atoms with van der Waals surface area (Å²) in [5.41, 5.74) is 3.95. The van der Waals surface area contributed by atoms with Crippen LogP contribution in [0.2, 0.25) is 0 Å². The van der Waals surface area contributed by atoms with Gasteiger partial charge in [0.2, 0.25) is 5.88 Å². The topological polar surface area (TPSA) is 34.2 Å². The highest BCUT2D eigenvalue weighted by Gasteiger charge is 2.21. The van der Waals surface area contributed by atoms with Crippen LogP contribution in [0, 0.1) is 0 Å². The number of ether oxygens (including phenoxy) is 1. The van der Waals surface area contributed by atoms with E-state index in [4.69, 9.17) is 4.74 Å². The Balaban J connectivity index is 1.75. The number of hydrogen-bond donors (Lipinski definition) is 1. The molecule has 0 spiro atoms. The fourth-order valence-electron chi connectivity index (χ4n) is 2.87. The first-order valence-electron chi connectivity index (χ1n) is 7.77. The van der Waals surface area contributed by atoms with Gasteiger partial charge in [-0.2, -0.15) is 0 Å². The average Bonchev–Trinajstić information content (AvgIpc) is 2.54. The van der Waals surface area contributed by atoms with E-state index in [1.54, 1.807) is 0 Å². The van der Waals surface area contributed by atoms with Crippen molar-refractivity contribution in [3.8, 4) is 5.88 Å². The van der Waals surface area contributed by atoms with Gasteiger partial charge in [0.15, 0.2) is 0 Å². The van der Waals surface area contributed by atoms with Gasteiger partial charge in [-0.25, -0.2) is 4.98 Å². The maximum atomic E-state index is 6.16. The summed E-state index contributed by atoms with van der Waals surface area (Å²) in [5.74, 6) is 0.729. The zero-order chi connectivity index (χ0) is 14.5. The van der Waals surface area contributed by atoms with Gasteiger partial charge in [-0.05, 0) is 48.6 Å². The predicted molar refractivity (Wildman–Crippen MR) is 84.4 cm³/mol. The minimum absolute atomic E-state index is 0.136. The standard InChI is InChI=1S/C18H22N2O/c1-2-19-13-14-10-11-20-18(12-14)21-17-9-5-7-15-6-3-4-8-16(15)17/h3-4,6,8,10-12,17,19H,2,5,7,9,13H2,1H3. The first-order valence-corrected chi connectivity index (χ1v) is 7.77. The molecular formula is C18H22N2O. The number of pyridine rings is 1. The first-order chi connectivity index (χ1) is 10.4. The molecule has 1 unspecified atom stereocenters. The Bertz CT molecular complexity index is 597. The highest BCUT2D eigenvalue weighted by molar-refractivity contribution is 5.32. The molecule has 0 amide bonds. The number of aromatic nitrogens is 1. The summed E-state index contributed by atoms with van der Waals surface area (Å²) in [6.07, 6.45) is 5.37. The third-order valence-electron chi connectivity index (χ3n) is 3.96. The highest BCUT2D eigenvalue weighted by atomic mass is 16.5. The Labute approximate surface area is 126 Å². The number of nitrogens with one attached hydrogen (secondary N) is 1. The number of hydrogen-bond acceptors (Lipinski definition) is 3. The molecule has 3 nitrogen and oxygen atoms in total. The lowest BCUT2D eigenvalue weighted by Gasteiger charge is -2.25. The van der Waals surface area contributed by atoms with E-state index in [0.29, 0.717) is 0 Å². The summed E-state index contributed by atoms with van der Waals surface area (Å²) < 4.78 is 6.16. The van der Waals surface area contributed by atoms with Crippen molar-refractivity contribution < 1.29 is 4.74 Å². The summed E-state index contributed by atoms with van der Waals surface area (Å²) in [7, 11) is 0. The molecule has 2 aromatic rings. The fraction of sp³-hybridized carbons (Fsp3) is 0.389. The maximum Gasteiger partial charge on any atom is 0.214 e. The van der Waals surface area contributed by atoms with Crippen LogP contribution >= 0.6 is 0 Å². The monoisotopic (exact) mass is 282 g/mol. The Hall–Kier alpha value is -1.87. The van der Waals surface area contributed by atoms with E-state index in [1.807, 2.05) is 18.3 Å². The third kappa shape index (κ3) is 3.42. The van der Waals surface area contributed by atoms with Crippen molar-refractivity contribution >= 4 is 0 Å². The molecule has 1 aromatic heterocycles. The lowest BCUT2D eigenvalue weighted by molar-refractivity contribution is 0.175. The molecule has 0 fully saturated rings. The van der Waals surface area contributed by atoms with Gasteiger partial charge in [0.1, 0.15) is 6.10 Å². The van der Waals surface area contributed by atoms with Crippen LogP contribution in [0.1, 0.15) is 42.6 Å². The molecule has 1 aliphatic rings. The van der Waals surface area contributed by atoms with Crippen molar-refractivity contribution in [3.63, 3.8) is 0 Å². The van der Waals surface area contributed by atoms with E-state index in [1.165, 1.54) is 23.1 Å². The number of nitrogens with zero attached hydrogens (tertiary/aromatic N) is 1. The molecule has 1 N–H and O–H groups in total. The Kier molecular flexibility index (Phi) is 4.51. The second-order valence-electron chi connectivity index (χ2n) is 5.48. The minimum Gasteiger partial charge on any atom is -0.469 e. The van der Waals surface area contributed by atoms with Crippen LogP contribution in [-0.4, -0.2) is 11.5 Å². The van der Waals surface area contributed by atoms with Gasteiger partial charge in [-0.1, -0.05) is 31.2 Å². The van der Waals surface area contributed by atoms with Crippen molar-refractivity contribution in [2.24, 2.45) is 0 Å². The van der Waals surface area contributed by atoms with Gasteiger partial charge in [0.05, 0.1) is 0 Å². The molecule has 0 saturated heterocycles. The highest BCUT2D eigenvalue weighted by Crippen LogP contribution is 2.32. The molecule has 1 aliphatic carbocycles. The predicted octanol–water partition coefficient (Wildman–Crippen LogP) is 3.65. The van der Waals surface area contributed by atoms with Crippen molar-refractivity contribution in [3.05, 3.63) is 59.3 Å². The number of fused-ring (bicyclic) bond motifs is 1. The molecule has 3 rings (SSSR count). The molecular weight excluding hydrogens is 260 g/mol. The Morgan fingerprint density at radius 2 is 2.19 bits per heavy atom. The summed E-state index contributed by atoms with van der Waals surface area (Å²) in [6, 6.07) is 12.7. The Morgan fingerprint density at radius 3 is 3.10 bits per heavy atom. The second-order valence-corrected chi connectivity index (χ2v) is 5.48. The molecule has 0 saturated carbocycles. The van der Waals surface area contributed by atoms with Gasteiger partial charge in [0.25, 0.3) is 0 Å². The number of aryl methyl sites for hydroxylation is 1. The van der Waals surface area contributed by atoms with Crippen molar-refractivity contribution in [2.75, 3.05) is 6.54 Å². The van der Waals surface area contributed by atoms with Gasteiger partial charge in [-0.3, -0.25) is 0 Å². The normalized spacial score (nSPS) is 17.3. The lowest BCUT2D eigenvalue weighted by atomic mass is 9.89. The van der Waals surface area contributed by atoms with Crippen molar-refractivity contribution in [2.45, 2.75) is 38.8 Å². The van der Waals surface area contributed by atoms with Crippen molar-refractivity contribution in [1.82, 2.24) is 10.3 Å².